The lowest BCUT2D eigenvalue weighted by Crippen LogP contribution is -2.11. The zero-order valence-electron chi connectivity index (χ0n) is 11.3. The average Bonchev–Trinajstić information content (AvgIpc) is 2.71. The highest BCUT2D eigenvalue weighted by atomic mass is 19.1. The Hall–Kier alpha value is -1.61. The van der Waals surface area contributed by atoms with Crippen molar-refractivity contribution in [2.24, 2.45) is 0 Å². The Morgan fingerprint density at radius 3 is 2.79 bits per heavy atom. The Balaban J connectivity index is 2.17. The van der Waals surface area contributed by atoms with Crippen LogP contribution in [0.15, 0.2) is 24.3 Å². The number of rotatable bonds is 1. The summed E-state index contributed by atoms with van der Waals surface area (Å²) in [5, 5.41) is 10.1. The maximum atomic E-state index is 13.7. The molecule has 3 heteroatoms. The Bertz CT molecular complexity index is 630. The number of aliphatic hydroxyl groups excluding tert-OH is 1. The molecule has 0 saturated carbocycles. The summed E-state index contributed by atoms with van der Waals surface area (Å²) >= 11 is 0. The van der Waals surface area contributed by atoms with E-state index >= 15 is 0 Å². The van der Waals surface area contributed by atoms with Gasteiger partial charge in [0.15, 0.2) is 0 Å². The third-order valence-corrected chi connectivity index (χ3v) is 3.98. The monoisotopic (exact) mass is 259 g/mol. The zero-order valence-corrected chi connectivity index (χ0v) is 11.3. The van der Waals surface area contributed by atoms with E-state index in [1.54, 1.807) is 19.1 Å². The molecule has 0 radical (unpaired) electrons. The highest BCUT2D eigenvalue weighted by molar-refractivity contribution is 5.44. The van der Waals surface area contributed by atoms with Gasteiger partial charge in [0.05, 0.1) is 6.10 Å². The first kappa shape index (κ1) is 12.4. The predicted molar refractivity (Wildman–Crippen MR) is 73.1 cm³/mol. The SMILES string of the molecule is Cc1ccc(-n2c(C)cc3c2CCCC3O)cc1F. The van der Waals surface area contributed by atoms with E-state index in [9.17, 15) is 9.50 Å². The molecule has 1 heterocycles. The van der Waals surface area contributed by atoms with Gasteiger partial charge in [-0.3, -0.25) is 0 Å². The number of aryl methyl sites for hydroxylation is 2. The van der Waals surface area contributed by atoms with Crippen LogP contribution >= 0.6 is 0 Å². The van der Waals surface area contributed by atoms with Crippen LogP contribution in [0.3, 0.4) is 0 Å². The maximum absolute atomic E-state index is 13.7. The first-order valence-electron chi connectivity index (χ1n) is 6.73. The molecule has 1 aromatic carbocycles. The van der Waals surface area contributed by atoms with E-state index in [4.69, 9.17) is 0 Å². The van der Waals surface area contributed by atoms with Crippen LogP contribution in [0.2, 0.25) is 0 Å². The highest BCUT2D eigenvalue weighted by Crippen LogP contribution is 2.34. The molecule has 1 aliphatic rings. The molecule has 2 nitrogen and oxygen atoms in total. The summed E-state index contributed by atoms with van der Waals surface area (Å²) in [6, 6.07) is 7.34. The Morgan fingerprint density at radius 2 is 2.05 bits per heavy atom. The first-order valence-corrected chi connectivity index (χ1v) is 6.73. The summed E-state index contributed by atoms with van der Waals surface area (Å²) in [6.45, 7) is 3.77. The van der Waals surface area contributed by atoms with Crippen molar-refractivity contribution in [3.05, 3.63) is 52.6 Å². The van der Waals surface area contributed by atoms with Crippen molar-refractivity contribution in [1.82, 2.24) is 4.57 Å². The third-order valence-electron chi connectivity index (χ3n) is 3.98. The van der Waals surface area contributed by atoms with Gasteiger partial charge in [-0.2, -0.15) is 0 Å². The van der Waals surface area contributed by atoms with Gasteiger partial charge in [0.2, 0.25) is 0 Å². The van der Waals surface area contributed by atoms with E-state index in [1.807, 2.05) is 19.1 Å². The topological polar surface area (TPSA) is 25.2 Å². The lowest BCUT2D eigenvalue weighted by molar-refractivity contribution is 0.156. The fourth-order valence-electron chi connectivity index (χ4n) is 2.96. The van der Waals surface area contributed by atoms with Gasteiger partial charge in [0, 0.05) is 22.6 Å². The fraction of sp³-hybridized carbons (Fsp3) is 0.375. The van der Waals surface area contributed by atoms with E-state index in [0.717, 1.165) is 41.9 Å². The molecule has 0 amide bonds. The molecule has 0 aliphatic heterocycles. The van der Waals surface area contributed by atoms with Crippen LogP contribution in [0.5, 0.6) is 0 Å². The van der Waals surface area contributed by atoms with Crippen LogP contribution in [-0.2, 0) is 6.42 Å². The third kappa shape index (κ3) is 1.98. The minimum absolute atomic E-state index is 0.185. The van der Waals surface area contributed by atoms with Crippen LogP contribution in [0.1, 0.15) is 41.5 Å². The molecular formula is C16H18FNO. The van der Waals surface area contributed by atoms with E-state index in [2.05, 4.69) is 4.57 Å². The van der Waals surface area contributed by atoms with Gasteiger partial charge in [-0.25, -0.2) is 4.39 Å². The van der Waals surface area contributed by atoms with Gasteiger partial charge < -0.3 is 9.67 Å². The Kier molecular flexibility index (Phi) is 2.94. The van der Waals surface area contributed by atoms with Crippen molar-refractivity contribution in [1.29, 1.82) is 0 Å². The largest absolute Gasteiger partial charge is 0.388 e. The van der Waals surface area contributed by atoms with Crippen molar-refractivity contribution < 1.29 is 9.50 Å². The normalized spacial score (nSPS) is 18.4. The van der Waals surface area contributed by atoms with Crippen molar-refractivity contribution in [3.63, 3.8) is 0 Å². The van der Waals surface area contributed by atoms with Crippen LogP contribution in [0, 0.1) is 19.7 Å². The molecule has 100 valence electrons. The fourth-order valence-corrected chi connectivity index (χ4v) is 2.96. The van der Waals surface area contributed by atoms with E-state index in [0.29, 0.717) is 5.56 Å². The van der Waals surface area contributed by atoms with Gasteiger partial charge >= 0.3 is 0 Å². The number of nitrogens with zero attached hydrogens (tertiary/aromatic N) is 1. The van der Waals surface area contributed by atoms with Crippen LogP contribution in [0.25, 0.3) is 5.69 Å². The average molecular weight is 259 g/mol. The second kappa shape index (κ2) is 4.49. The quantitative estimate of drug-likeness (QED) is 0.831. The molecule has 1 aromatic heterocycles. The lowest BCUT2D eigenvalue weighted by Gasteiger charge is -2.20. The molecule has 2 aromatic rings. The molecule has 19 heavy (non-hydrogen) atoms. The molecule has 1 atom stereocenters. The summed E-state index contributed by atoms with van der Waals surface area (Å²) in [5.74, 6) is -0.185. The summed E-state index contributed by atoms with van der Waals surface area (Å²) in [5.41, 5.74) is 4.68. The number of halogens is 1. The van der Waals surface area contributed by atoms with Crippen molar-refractivity contribution in [3.8, 4) is 5.69 Å². The van der Waals surface area contributed by atoms with E-state index in [1.165, 1.54) is 0 Å². The second-order valence-corrected chi connectivity index (χ2v) is 5.36. The number of benzene rings is 1. The van der Waals surface area contributed by atoms with Gasteiger partial charge in [-0.05, 0) is 56.9 Å². The number of hydrogen-bond acceptors (Lipinski definition) is 1. The minimum Gasteiger partial charge on any atom is -0.388 e. The maximum Gasteiger partial charge on any atom is 0.128 e. The van der Waals surface area contributed by atoms with E-state index in [-0.39, 0.29) is 11.9 Å². The molecule has 0 bridgehead atoms. The van der Waals surface area contributed by atoms with Gasteiger partial charge in [-0.15, -0.1) is 0 Å². The molecule has 0 fully saturated rings. The number of aliphatic hydroxyl groups is 1. The molecule has 0 saturated heterocycles. The van der Waals surface area contributed by atoms with Gasteiger partial charge in [0.1, 0.15) is 5.82 Å². The first-order chi connectivity index (χ1) is 9.08. The van der Waals surface area contributed by atoms with Crippen molar-refractivity contribution >= 4 is 0 Å². The number of fused-ring (bicyclic) bond motifs is 1. The number of aromatic nitrogens is 1. The summed E-state index contributed by atoms with van der Waals surface area (Å²) in [6.07, 6.45) is 2.36. The summed E-state index contributed by atoms with van der Waals surface area (Å²) in [7, 11) is 0. The standard InChI is InChI=1S/C16H18FNO/c1-10-6-7-12(9-14(10)17)18-11(2)8-13-15(18)4-3-5-16(13)19/h6-9,16,19H,3-5H2,1-2H3. The highest BCUT2D eigenvalue weighted by Gasteiger charge is 2.23. The molecule has 1 N–H and O–H groups in total. The van der Waals surface area contributed by atoms with Gasteiger partial charge in [0.25, 0.3) is 0 Å². The lowest BCUT2D eigenvalue weighted by atomic mass is 9.95. The number of hydrogen-bond donors (Lipinski definition) is 1. The summed E-state index contributed by atoms with van der Waals surface area (Å²) < 4.78 is 15.8. The second-order valence-electron chi connectivity index (χ2n) is 5.36. The van der Waals surface area contributed by atoms with Crippen LogP contribution in [-0.4, -0.2) is 9.67 Å². The van der Waals surface area contributed by atoms with Crippen LogP contribution < -0.4 is 0 Å². The van der Waals surface area contributed by atoms with Crippen molar-refractivity contribution in [2.45, 2.75) is 39.2 Å². The van der Waals surface area contributed by atoms with Crippen molar-refractivity contribution in [2.75, 3.05) is 0 Å². The van der Waals surface area contributed by atoms with Crippen LogP contribution in [0.4, 0.5) is 4.39 Å². The minimum atomic E-state index is -0.376. The predicted octanol–water partition coefficient (Wildman–Crippen LogP) is 3.60. The zero-order chi connectivity index (χ0) is 13.6. The Labute approximate surface area is 112 Å². The van der Waals surface area contributed by atoms with Gasteiger partial charge in [-0.1, -0.05) is 6.07 Å². The molecule has 3 rings (SSSR count). The molecule has 1 aliphatic carbocycles. The molecular weight excluding hydrogens is 241 g/mol. The molecule has 1 unspecified atom stereocenters. The van der Waals surface area contributed by atoms with E-state index < -0.39 is 0 Å². The molecule has 0 spiro atoms. The smallest absolute Gasteiger partial charge is 0.128 e. The summed E-state index contributed by atoms with van der Waals surface area (Å²) in [4.78, 5) is 0. The Morgan fingerprint density at radius 1 is 1.26 bits per heavy atom.